The van der Waals surface area contributed by atoms with Crippen molar-refractivity contribution in [1.29, 1.82) is 0 Å². The number of ether oxygens (including phenoxy) is 1. The highest BCUT2D eigenvalue weighted by atomic mass is 32.2. The minimum Gasteiger partial charge on any atom is -0.491 e. The maximum Gasteiger partial charge on any atom is 0.266 e. The number of fused-ring (bicyclic) bond motifs is 2. The number of likely N-dealkylation sites (tertiary alicyclic amines) is 1. The smallest absolute Gasteiger partial charge is 0.266 e. The third-order valence-electron chi connectivity index (χ3n) is 11.2. The predicted octanol–water partition coefficient (Wildman–Crippen LogP) is 4.77. The topological polar surface area (TPSA) is 172 Å². The van der Waals surface area contributed by atoms with Crippen LogP contribution >= 0.6 is 0 Å². The van der Waals surface area contributed by atoms with Crippen LogP contribution in [0.2, 0.25) is 0 Å². The van der Waals surface area contributed by atoms with Gasteiger partial charge in [0.05, 0.1) is 33.6 Å². The molecule has 2 saturated heterocycles. The maximum absolute atomic E-state index is 16.1. The standard InChI is InChI=1S/C41H43F2N9O6S/c1-3-20-59(56,57)48-30-10-9-29(42)38(36(30)43)51-23-28(25-21-44-24-45-22-25)37-31(51)11-12-34(47-37)49(2)26-13-16-50(17-14-26)18-19-58-33-8-4-6-27-35(33)41(55)52(40(27)54)32-7-5-15-46-39(32)53/h4,6,8-12,21-24,26,32,48H,3,5,7,13-20H2,1-2H3,(H,46,53). The quantitative estimate of drug-likeness (QED) is 0.157. The Morgan fingerprint density at radius 3 is 2.51 bits per heavy atom. The Hall–Kier alpha value is -6.01. The van der Waals surface area contributed by atoms with Gasteiger partial charge in [-0.05, 0) is 68.5 Å². The van der Waals surface area contributed by atoms with Crippen molar-refractivity contribution < 1.29 is 36.3 Å². The number of nitrogens with one attached hydrogen (secondary N) is 2. The molecular weight excluding hydrogens is 785 g/mol. The lowest BCUT2D eigenvalue weighted by Gasteiger charge is -2.37. The van der Waals surface area contributed by atoms with Crippen molar-refractivity contribution in [3.05, 3.63) is 90.1 Å². The molecule has 0 aliphatic carbocycles. The number of hydrogen-bond acceptors (Lipinski definition) is 11. The molecule has 1 atom stereocenters. The van der Waals surface area contributed by atoms with E-state index >= 15 is 8.78 Å². The van der Waals surface area contributed by atoms with Gasteiger partial charge in [0.2, 0.25) is 15.9 Å². The second-order valence-electron chi connectivity index (χ2n) is 14.9. The average molecular weight is 828 g/mol. The molecule has 0 spiro atoms. The summed E-state index contributed by atoms with van der Waals surface area (Å²) in [5.74, 6) is -2.53. The van der Waals surface area contributed by atoms with Crippen LogP contribution in [0.25, 0.3) is 27.8 Å². The van der Waals surface area contributed by atoms with Gasteiger partial charge in [-0.1, -0.05) is 13.0 Å². The molecule has 3 amide bonds. The van der Waals surface area contributed by atoms with Crippen LogP contribution in [0.4, 0.5) is 20.3 Å². The van der Waals surface area contributed by atoms with Gasteiger partial charge in [-0.15, -0.1) is 0 Å². The summed E-state index contributed by atoms with van der Waals surface area (Å²) in [5.41, 5.74) is 1.56. The Labute approximate surface area is 339 Å². The van der Waals surface area contributed by atoms with Crippen molar-refractivity contribution in [2.75, 3.05) is 55.2 Å². The van der Waals surface area contributed by atoms with Crippen LogP contribution in [0, 0.1) is 11.6 Å². The normalized spacial score (nSPS) is 17.7. The van der Waals surface area contributed by atoms with E-state index in [1.165, 1.54) is 10.9 Å². The van der Waals surface area contributed by atoms with Crippen molar-refractivity contribution >= 4 is 50.3 Å². The van der Waals surface area contributed by atoms with Crippen LogP contribution in [-0.2, 0) is 14.8 Å². The lowest BCUT2D eigenvalue weighted by molar-refractivity contribution is -0.126. The summed E-state index contributed by atoms with van der Waals surface area (Å²) < 4.78 is 66.3. The number of piperidine rings is 2. The van der Waals surface area contributed by atoms with Crippen LogP contribution in [0.15, 0.2) is 67.4 Å². The molecule has 308 valence electrons. The highest BCUT2D eigenvalue weighted by Gasteiger charge is 2.45. The van der Waals surface area contributed by atoms with Crippen molar-refractivity contribution in [3.8, 4) is 22.6 Å². The van der Waals surface area contributed by atoms with Crippen molar-refractivity contribution in [1.82, 2.24) is 34.6 Å². The molecule has 18 heteroatoms. The molecule has 2 aromatic carbocycles. The van der Waals surface area contributed by atoms with E-state index in [1.807, 2.05) is 7.05 Å². The van der Waals surface area contributed by atoms with E-state index in [1.54, 1.807) is 55.8 Å². The minimum atomic E-state index is -3.86. The summed E-state index contributed by atoms with van der Waals surface area (Å²) in [5, 5.41) is 2.74. The summed E-state index contributed by atoms with van der Waals surface area (Å²) in [6, 6.07) is 9.85. The summed E-state index contributed by atoms with van der Waals surface area (Å²) in [7, 11) is -1.90. The van der Waals surface area contributed by atoms with Crippen LogP contribution < -0.4 is 19.7 Å². The van der Waals surface area contributed by atoms with Gasteiger partial charge in [0.25, 0.3) is 11.8 Å². The van der Waals surface area contributed by atoms with E-state index in [0.29, 0.717) is 66.1 Å². The number of halogens is 2. The summed E-state index contributed by atoms with van der Waals surface area (Å²) in [6.45, 7) is 4.61. The Balaban J connectivity index is 0.962. The second-order valence-corrected chi connectivity index (χ2v) is 16.7. The van der Waals surface area contributed by atoms with E-state index in [9.17, 15) is 22.8 Å². The fraction of sp³-hybridized carbons (Fsp3) is 0.366. The molecule has 0 radical (unpaired) electrons. The van der Waals surface area contributed by atoms with Crippen molar-refractivity contribution in [3.63, 3.8) is 0 Å². The molecule has 1 unspecified atom stereocenters. The molecule has 3 aliphatic heterocycles. The van der Waals surface area contributed by atoms with Gasteiger partial charge in [-0.2, -0.15) is 0 Å². The predicted molar refractivity (Wildman–Crippen MR) is 216 cm³/mol. The molecule has 6 heterocycles. The minimum absolute atomic E-state index is 0.120. The number of benzene rings is 2. The molecular formula is C41H43F2N9O6S. The first-order chi connectivity index (χ1) is 28.5. The lowest BCUT2D eigenvalue weighted by Crippen LogP contribution is -2.52. The number of amides is 3. The molecule has 59 heavy (non-hydrogen) atoms. The zero-order chi connectivity index (χ0) is 41.4. The summed E-state index contributed by atoms with van der Waals surface area (Å²) in [6.07, 6.45) is 9.13. The van der Waals surface area contributed by atoms with Gasteiger partial charge < -0.3 is 19.5 Å². The molecule has 8 rings (SSSR count). The fourth-order valence-corrected chi connectivity index (χ4v) is 9.26. The van der Waals surface area contributed by atoms with Crippen molar-refractivity contribution in [2.24, 2.45) is 0 Å². The van der Waals surface area contributed by atoms with E-state index in [2.05, 4.69) is 29.8 Å². The average Bonchev–Trinajstić information content (AvgIpc) is 3.73. The van der Waals surface area contributed by atoms with E-state index in [4.69, 9.17) is 9.72 Å². The number of sulfonamides is 1. The Morgan fingerprint density at radius 2 is 1.76 bits per heavy atom. The zero-order valence-electron chi connectivity index (χ0n) is 32.5. The van der Waals surface area contributed by atoms with Crippen LogP contribution in [0.1, 0.15) is 59.7 Å². The number of carbonyl (C=O) groups is 3. The number of nitrogens with zero attached hydrogens (tertiary/aromatic N) is 7. The summed E-state index contributed by atoms with van der Waals surface area (Å²) >= 11 is 0. The Kier molecular flexibility index (Phi) is 11.0. The Morgan fingerprint density at radius 1 is 0.983 bits per heavy atom. The van der Waals surface area contributed by atoms with Gasteiger partial charge >= 0.3 is 0 Å². The number of aromatic nitrogens is 4. The first kappa shape index (κ1) is 39.8. The highest BCUT2D eigenvalue weighted by molar-refractivity contribution is 7.92. The molecule has 0 bridgehead atoms. The monoisotopic (exact) mass is 827 g/mol. The van der Waals surface area contributed by atoms with Gasteiger partial charge in [0.1, 0.15) is 42.0 Å². The SMILES string of the molecule is CCCS(=O)(=O)Nc1ccc(F)c(-n2cc(-c3cncnc3)c3nc(N(C)C4CCN(CCOc5cccc6c5C(=O)N(C5CCCNC5=O)C6=O)CC4)ccc32)c1F. The fourth-order valence-electron chi connectivity index (χ4n) is 8.13. The van der Waals surface area contributed by atoms with Crippen LogP contribution in [0.3, 0.4) is 0 Å². The number of rotatable bonds is 13. The molecule has 3 aromatic heterocycles. The second kappa shape index (κ2) is 16.3. The Bertz CT molecular complexity index is 2550. The number of carbonyl (C=O) groups excluding carboxylic acids is 3. The molecule has 0 saturated carbocycles. The van der Waals surface area contributed by atoms with Crippen LogP contribution in [0.5, 0.6) is 5.75 Å². The third kappa shape index (κ3) is 7.69. The first-order valence-electron chi connectivity index (χ1n) is 19.6. The van der Waals surface area contributed by atoms with Gasteiger partial charge in [0.15, 0.2) is 5.82 Å². The maximum atomic E-state index is 16.1. The van der Waals surface area contributed by atoms with E-state index in [0.717, 1.165) is 43.0 Å². The van der Waals surface area contributed by atoms with Gasteiger partial charge in [0, 0.05) is 69.0 Å². The van der Waals surface area contributed by atoms with E-state index in [-0.39, 0.29) is 41.1 Å². The number of imide groups is 1. The van der Waals surface area contributed by atoms with Crippen LogP contribution in [-0.4, -0.2) is 113 Å². The third-order valence-corrected chi connectivity index (χ3v) is 12.6. The molecule has 2 fully saturated rings. The number of pyridine rings is 1. The van der Waals surface area contributed by atoms with Gasteiger partial charge in [-0.3, -0.25) is 28.9 Å². The molecule has 15 nitrogen and oxygen atoms in total. The molecule has 2 N–H and O–H groups in total. The lowest BCUT2D eigenvalue weighted by atomic mass is 10.0. The molecule has 3 aliphatic rings. The zero-order valence-corrected chi connectivity index (χ0v) is 33.3. The largest absolute Gasteiger partial charge is 0.491 e. The highest BCUT2D eigenvalue weighted by Crippen LogP contribution is 2.37. The van der Waals surface area contributed by atoms with Crippen molar-refractivity contribution in [2.45, 2.75) is 51.1 Å². The summed E-state index contributed by atoms with van der Waals surface area (Å²) in [4.78, 5) is 57.9. The molecule has 5 aromatic rings. The van der Waals surface area contributed by atoms with Gasteiger partial charge in [-0.25, -0.2) is 32.2 Å². The first-order valence-corrected chi connectivity index (χ1v) is 21.2. The van der Waals surface area contributed by atoms with E-state index < -0.39 is 45.2 Å². The number of hydrogen-bond donors (Lipinski definition) is 2. The number of anilines is 2.